The van der Waals surface area contributed by atoms with Crippen LogP contribution in [0.2, 0.25) is 0 Å². The minimum Gasteiger partial charge on any atom is -0.464 e. The first-order valence-electron chi connectivity index (χ1n) is 6.94. The van der Waals surface area contributed by atoms with Crippen molar-refractivity contribution in [2.24, 2.45) is 5.41 Å². The molecule has 1 heterocycles. The molecule has 0 saturated heterocycles. The van der Waals surface area contributed by atoms with Gasteiger partial charge in [0, 0.05) is 12.6 Å². The van der Waals surface area contributed by atoms with Crippen molar-refractivity contribution >= 4 is 11.9 Å². The van der Waals surface area contributed by atoms with Crippen LogP contribution in [-0.2, 0) is 0 Å². The molecule has 0 spiro atoms. The molecular weight excluding hydrogens is 242 g/mol. The predicted octanol–water partition coefficient (Wildman–Crippen LogP) is 2.30. The monoisotopic (exact) mass is 265 g/mol. The van der Waals surface area contributed by atoms with E-state index in [4.69, 9.17) is 4.74 Å². The summed E-state index contributed by atoms with van der Waals surface area (Å²) in [4.78, 5) is 12.9. The normalized spacial score (nSPS) is 19.9. The van der Waals surface area contributed by atoms with Gasteiger partial charge in [0.1, 0.15) is 0 Å². The third-order valence-electron chi connectivity index (χ3n) is 3.24. The lowest BCUT2D eigenvalue weighted by Crippen LogP contribution is -2.14. The highest BCUT2D eigenvalue weighted by atomic mass is 16.5. The third-order valence-corrected chi connectivity index (χ3v) is 3.24. The Morgan fingerprint density at radius 3 is 2.47 bits per heavy atom. The number of nitrogens with one attached hydrogen (secondary N) is 2. The van der Waals surface area contributed by atoms with Crippen molar-refractivity contribution in [2.75, 3.05) is 23.8 Å². The van der Waals surface area contributed by atoms with Gasteiger partial charge >= 0.3 is 6.01 Å². The molecule has 1 saturated carbocycles. The maximum Gasteiger partial charge on any atom is 0.323 e. The molecular formula is C13H23N5O. The van der Waals surface area contributed by atoms with Gasteiger partial charge in [0.05, 0.1) is 6.61 Å². The van der Waals surface area contributed by atoms with Gasteiger partial charge in [-0.2, -0.15) is 15.0 Å². The van der Waals surface area contributed by atoms with Crippen LogP contribution in [0.25, 0.3) is 0 Å². The van der Waals surface area contributed by atoms with Crippen LogP contribution in [0.4, 0.5) is 11.9 Å². The maximum atomic E-state index is 5.38. The molecule has 1 unspecified atom stereocenters. The van der Waals surface area contributed by atoms with Crippen LogP contribution < -0.4 is 15.4 Å². The molecule has 6 heteroatoms. The summed E-state index contributed by atoms with van der Waals surface area (Å²) in [6.45, 7) is 9.86. The summed E-state index contributed by atoms with van der Waals surface area (Å²) in [5, 5.41) is 6.51. The minimum atomic E-state index is 0.329. The van der Waals surface area contributed by atoms with Crippen molar-refractivity contribution in [1.29, 1.82) is 0 Å². The summed E-state index contributed by atoms with van der Waals surface area (Å²) in [6.07, 6.45) is 2.16. The third kappa shape index (κ3) is 3.68. The van der Waals surface area contributed by atoms with Crippen LogP contribution in [-0.4, -0.2) is 34.1 Å². The van der Waals surface area contributed by atoms with Crippen LogP contribution in [0.5, 0.6) is 6.01 Å². The molecule has 1 aliphatic carbocycles. The van der Waals surface area contributed by atoms with E-state index in [1.807, 2.05) is 6.92 Å². The van der Waals surface area contributed by atoms with Crippen LogP contribution in [0.3, 0.4) is 0 Å². The van der Waals surface area contributed by atoms with Crippen molar-refractivity contribution in [2.45, 2.75) is 46.6 Å². The van der Waals surface area contributed by atoms with E-state index in [0.717, 1.165) is 19.4 Å². The smallest absolute Gasteiger partial charge is 0.323 e. The fraction of sp³-hybridized carbons (Fsp3) is 0.769. The van der Waals surface area contributed by atoms with Crippen LogP contribution in [0.1, 0.15) is 40.5 Å². The summed E-state index contributed by atoms with van der Waals surface area (Å²) in [6, 6.07) is 0.806. The van der Waals surface area contributed by atoms with E-state index >= 15 is 0 Å². The van der Waals surface area contributed by atoms with Gasteiger partial charge in [0.25, 0.3) is 0 Å². The van der Waals surface area contributed by atoms with Gasteiger partial charge in [-0.3, -0.25) is 0 Å². The lowest BCUT2D eigenvalue weighted by Gasteiger charge is -2.10. The van der Waals surface area contributed by atoms with E-state index in [9.17, 15) is 0 Å². The van der Waals surface area contributed by atoms with Crippen molar-refractivity contribution in [1.82, 2.24) is 15.0 Å². The molecule has 19 heavy (non-hydrogen) atoms. The predicted molar refractivity (Wildman–Crippen MR) is 75.6 cm³/mol. The Hall–Kier alpha value is -1.59. The van der Waals surface area contributed by atoms with Gasteiger partial charge in [0.2, 0.25) is 11.9 Å². The van der Waals surface area contributed by atoms with Gasteiger partial charge in [-0.25, -0.2) is 0 Å². The number of rotatable bonds is 7. The van der Waals surface area contributed by atoms with Crippen LogP contribution >= 0.6 is 0 Å². The van der Waals surface area contributed by atoms with E-state index in [0.29, 0.717) is 36.0 Å². The molecule has 0 radical (unpaired) electrons. The fourth-order valence-corrected chi connectivity index (χ4v) is 1.80. The summed E-state index contributed by atoms with van der Waals surface area (Å²) >= 11 is 0. The molecule has 2 rings (SSSR count). The van der Waals surface area contributed by atoms with E-state index in [-0.39, 0.29) is 0 Å². The largest absolute Gasteiger partial charge is 0.464 e. The zero-order valence-corrected chi connectivity index (χ0v) is 12.2. The number of hydrogen-bond acceptors (Lipinski definition) is 6. The number of anilines is 2. The summed E-state index contributed by atoms with van der Waals surface area (Å²) in [5.74, 6) is 1.16. The van der Waals surface area contributed by atoms with E-state index in [1.165, 1.54) is 0 Å². The number of aromatic nitrogens is 3. The highest BCUT2D eigenvalue weighted by Crippen LogP contribution is 2.46. The van der Waals surface area contributed by atoms with E-state index in [2.05, 4.69) is 46.4 Å². The molecule has 1 aromatic heterocycles. The van der Waals surface area contributed by atoms with Crippen LogP contribution in [0, 0.1) is 5.41 Å². The number of ether oxygens (including phenoxy) is 1. The summed E-state index contributed by atoms with van der Waals surface area (Å²) in [5.41, 5.74) is 0.329. The molecule has 1 fully saturated rings. The average Bonchev–Trinajstić information content (AvgIpc) is 2.94. The van der Waals surface area contributed by atoms with Gasteiger partial charge in [-0.1, -0.05) is 20.8 Å². The Labute approximate surface area is 114 Å². The molecule has 1 aliphatic rings. The molecule has 2 N–H and O–H groups in total. The van der Waals surface area contributed by atoms with Gasteiger partial charge in [-0.15, -0.1) is 0 Å². The van der Waals surface area contributed by atoms with E-state index < -0.39 is 0 Å². The first-order chi connectivity index (χ1) is 9.05. The maximum absolute atomic E-state index is 5.38. The quantitative estimate of drug-likeness (QED) is 0.788. The van der Waals surface area contributed by atoms with Crippen molar-refractivity contribution < 1.29 is 4.74 Å². The topological polar surface area (TPSA) is 72.0 Å². The molecule has 0 amide bonds. The molecule has 6 nitrogen and oxygen atoms in total. The molecule has 0 aliphatic heterocycles. The number of nitrogens with zero attached hydrogens (tertiary/aromatic N) is 3. The Bertz CT molecular complexity index is 435. The lowest BCUT2D eigenvalue weighted by molar-refractivity contribution is 0.312. The second-order valence-corrected chi connectivity index (χ2v) is 5.51. The Morgan fingerprint density at radius 2 is 1.89 bits per heavy atom. The fourth-order valence-electron chi connectivity index (χ4n) is 1.80. The molecule has 0 bridgehead atoms. The Morgan fingerprint density at radius 1 is 1.21 bits per heavy atom. The second kappa shape index (κ2) is 5.59. The molecule has 1 atom stereocenters. The van der Waals surface area contributed by atoms with Crippen molar-refractivity contribution in [3.8, 4) is 6.01 Å². The minimum absolute atomic E-state index is 0.329. The first-order valence-corrected chi connectivity index (χ1v) is 6.94. The zero-order valence-electron chi connectivity index (χ0n) is 12.2. The Kier molecular flexibility index (Phi) is 4.07. The SMILES string of the molecule is CCCNc1nc(NC2CC2(C)C)nc(OCC)n1. The van der Waals surface area contributed by atoms with Crippen molar-refractivity contribution in [3.05, 3.63) is 0 Å². The highest BCUT2D eigenvalue weighted by Gasteiger charge is 2.46. The average molecular weight is 265 g/mol. The van der Waals surface area contributed by atoms with Gasteiger partial charge in [0.15, 0.2) is 0 Å². The van der Waals surface area contributed by atoms with Crippen LogP contribution in [0.15, 0.2) is 0 Å². The van der Waals surface area contributed by atoms with E-state index in [1.54, 1.807) is 0 Å². The summed E-state index contributed by atoms with van der Waals surface area (Å²) < 4.78 is 5.38. The van der Waals surface area contributed by atoms with Gasteiger partial charge in [-0.05, 0) is 25.2 Å². The lowest BCUT2D eigenvalue weighted by atomic mass is 10.2. The molecule has 1 aromatic rings. The molecule has 0 aromatic carbocycles. The summed E-state index contributed by atoms with van der Waals surface area (Å²) in [7, 11) is 0. The second-order valence-electron chi connectivity index (χ2n) is 5.51. The van der Waals surface area contributed by atoms with Gasteiger partial charge < -0.3 is 15.4 Å². The first kappa shape index (κ1) is 13.8. The molecule has 106 valence electrons. The zero-order chi connectivity index (χ0) is 13.9. The Balaban J connectivity index is 2.09. The number of hydrogen-bond donors (Lipinski definition) is 2. The standard InChI is InChI=1S/C13H23N5O/c1-5-7-14-10-16-11(15-9-8-13(9,3)4)18-12(17-10)19-6-2/h9H,5-8H2,1-4H3,(H2,14,15,16,17,18). The highest BCUT2D eigenvalue weighted by molar-refractivity contribution is 5.38. The van der Waals surface area contributed by atoms with Crippen molar-refractivity contribution in [3.63, 3.8) is 0 Å².